The maximum atomic E-state index is 13.2. The first-order valence-electron chi connectivity index (χ1n) is 9.86. The molecule has 7 heteroatoms. The summed E-state index contributed by atoms with van der Waals surface area (Å²) in [6.07, 6.45) is 0.179. The lowest BCUT2D eigenvalue weighted by Crippen LogP contribution is -2.48. The smallest absolute Gasteiger partial charge is 0.307 e. The highest BCUT2D eigenvalue weighted by molar-refractivity contribution is 6.32. The molecule has 0 aromatic heterocycles. The Morgan fingerprint density at radius 2 is 1.67 bits per heavy atom. The SMILES string of the molecule is CC(=O)OC(CCNc1cc(C)c(N)c2c1C(=O)c1ccccc1C2=O)[N+](C)(C)C. The van der Waals surface area contributed by atoms with Gasteiger partial charge in [-0.25, -0.2) is 0 Å². The van der Waals surface area contributed by atoms with Crippen molar-refractivity contribution >= 4 is 28.9 Å². The van der Waals surface area contributed by atoms with Gasteiger partial charge < -0.3 is 15.8 Å². The quantitative estimate of drug-likeness (QED) is 0.281. The van der Waals surface area contributed by atoms with E-state index in [2.05, 4.69) is 5.32 Å². The number of nitrogens with zero attached hydrogens (tertiary/aromatic N) is 1. The largest absolute Gasteiger partial charge is 0.413 e. The second-order valence-corrected chi connectivity index (χ2v) is 8.50. The summed E-state index contributed by atoms with van der Waals surface area (Å²) in [6, 6.07) is 8.58. The molecule has 1 atom stereocenters. The molecule has 7 nitrogen and oxygen atoms in total. The van der Waals surface area contributed by atoms with Gasteiger partial charge in [0.1, 0.15) is 0 Å². The number of ether oxygens (including phenoxy) is 1. The molecule has 158 valence electrons. The van der Waals surface area contributed by atoms with Crippen molar-refractivity contribution in [3.05, 3.63) is 58.1 Å². The second kappa shape index (κ2) is 7.91. The number of carbonyl (C=O) groups excluding carboxylic acids is 3. The van der Waals surface area contributed by atoms with E-state index in [1.807, 2.05) is 28.1 Å². The van der Waals surface area contributed by atoms with E-state index in [4.69, 9.17) is 10.5 Å². The summed E-state index contributed by atoms with van der Waals surface area (Å²) in [6.45, 7) is 3.65. The third kappa shape index (κ3) is 3.93. The zero-order valence-electron chi connectivity index (χ0n) is 18.0. The van der Waals surface area contributed by atoms with Gasteiger partial charge in [0, 0.05) is 36.0 Å². The van der Waals surface area contributed by atoms with Gasteiger partial charge in [0.2, 0.25) is 6.23 Å². The van der Waals surface area contributed by atoms with Crippen LogP contribution in [0.5, 0.6) is 0 Å². The molecule has 3 rings (SSSR count). The highest BCUT2D eigenvalue weighted by Gasteiger charge is 2.34. The Labute approximate surface area is 176 Å². The van der Waals surface area contributed by atoms with Crippen LogP contribution >= 0.6 is 0 Å². The molecule has 0 heterocycles. The van der Waals surface area contributed by atoms with Crippen molar-refractivity contribution in [1.82, 2.24) is 0 Å². The van der Waals surface area contributed by atoms with Crippen LogP contribution in [0.3, 0.4) is 0 Å². The molecule has 0 saturated heterocycles. The van der Waals surface area contributed by atoms with E-state index in [1.54, 1.807) is 30.3 Å². The number of quaternary nitrogens is 1. The molecule has 0 aliphatic heterocycles. The van der Waals surface area contributed by atoms with Crippen molar-refractivity contribution in [2.75, 3.05) is 38.7 Å². The average molecular weight is 410 g/mol. The van der Waals surface area contributed by atoms with Crippen molar-refractivity contribution in [2.24, 2.45) is 0 Å². The second-order valence-electron chi connectivity index (χ2n) is 8.50. The van der Waals surface area contributed by atoms with Crippen molar-refractivity contribution in [2.45, 2.75) is 26.5 Å². The Kier molecular flexibility index (Phi) is 5.67. The Morgan fingerprint density at radius 1 is 1.10 bits per heavy atom. The number of hydrogen-bond donors (Lipinski definition) is 2. The molecule has 0 fully saturated rings. The highest BCUT2D eigenvalue weighted by atomic mass is 16.6. The summed E-state index contributed by atoms with van der Waals surface area (Å²) in [7, 11) is 5.84. The zero-order valence-corrected chi connectivity index (χ0v) is 18.0. The first kappa shape index (κ1) is 21.5. The number of esters is 1. The minimum atomic E-state index is -0.348. The van der Waals surface area contributed by atoms with Gasteiger partial charge in [0.15, 0.2) is 11.6 Å². The highest BCUT2D eigenvalue weighted by Crippen LogP contribution is 2.37. The van der Waals surface area contributed by atoms with E-state index < -0.39 is 0 Å². The van der Waals surface area contributed by atoms with Gasteiger partial charge in [0.25, 0.3) is 0 Å². The van der Waals surface area contributed by atoms with Crippen LogP contribution in [0, 0.1) is 6.92 Å². The molecule has 2 aromatic carbocycles. The van der Waals surface area contributed by atoms with E-state index >= 15 is 0 Å². The van der Waals surface area contributed by atoms with E-state index in [-0.39, 0.29) is 29.3 Å². The molecule has 1 unspecified atom stereocenters. The molecule has 1 aliphatic rings. The van der Waals surface area contributed by atoms with Gasteiger partial charge in [-0.2, -0.15) is 0 Å². The van der Waals surface area contributed by atoms with Crippen molar-refractivity contribution < 1.29 is 23.6 Å². The summed E-state index contributed by atoms with van der Waals surface area (Å²) in [5.41, 5.74) is 9.13. The topological polar surface area (TPSA) is 98.5 Å². The van der Waals surface area contributed by atoms with Crippen molar-refractivity contribution in [3.63, 3.8) is 0 Å². The first-order valence-corrected chi connectivity index (χ1v) is 9.86. The molecular formula is C23H28N3O4+. The summed E-state index contributed by atoms with van der Waals surface area (Å²) in [4.78, 5) is 37.8. The van der Waals surface area contributed by atoms with Crippen molar-refractivity contribution in [3.8, 4) is 0 Å². The molecule has 0 bridgehead atoms. The predicted molar refractivity (Wildman–Crippen MR) is 116 cm³/mol. The Balaban J connectivity index is 1.94. The Bertz CT molecular complexity index is 1040. The van der Waals surface area contributed by atoms with Crippen LogP contribution in [0.2, 0.25) is 0 Å². The van der Waals surface area contributed by atoms with E-state index in [1.165, 1.54) is 6.92 Å². The number of hydrogen-bond acceptors (Lipinski definition) is 6. The third-order valence-electron chi connectivity index (χ3n) is 5.32. The fourth-order valence-electron chi connectivity index (χ4n) is 3.72. The normalized spacial score (nSPS) is 14.0. The summed E-state index contributed by atoms with van der Waals surface area (Å²) >= 11 is 0. The number of carbonyl (C=O) groups is 3. The molecule has 0 amide bonds. The van der Waals surface area contributed by atoms with Crippen molar-refractivity contribution in [1.29, 1.82) is 0 Å². The maximum Gasteiger partial charge on any atom is 0.307 e. The number of anilines is 2. The summed E-state index contributed by atoms with van der Waals surface area (Å²) in [5, 5.41) is 3.27. The zero-order chi connectivity index (χ0) is 22.2. The van der Waals surface area contributed by atoms with E-state index in [0.717, 1.165) is 5.56 Å². The van der Waals surface area contributed by atoms with Crippen LogP contribution in [0.15, 0.2) is 30.3 Å². The van der Waals surface area contributed by atoms with E-state index in [9.17, 15) is 14.4 Å². The van der Waals surface area contributed by atoms with Crippen LogP contribution in [0.25, 0.3) is 0 Å². The van der Waals surface area contributed by atoms with Gasteiger partial charge in [-0.1, -0.05) is 24.3 Å². The molecule has 3 N–H and O–H groups in total. The average Bonchev–Trinajstić information content (AvgIpc) is 2.66. The van der Waals surface area contributed by atoms with Crippen LogP contribution in [-0.2, 0) is 9.53 Å². The predicted octanol–water partition coefficient (Wildman–Crippen LogP) is 2.75. The number of benzene rings is 2. The number of nitrogens with one attached hydrogen (secondary N) is 1. The molecule has 0 radical (unpaired) electrons. The third-order valence-corrected chi connectivity index (χ3v) is 5.32. The standard InChI is InChI=1S/C23H27N3O4/c1-13-12-17(25-11-10-18(26(3,4)5)30-14(2)27)19-20(21(13)24)23(29)16-9-7-6-8-15(16)22(19)28/h6-9,12,18H,10-11H2,1-5H3,(H2-,24,25,28,29)/p+1. The first-order chi connectivity index (χ1) is 14.0. The van der Waals surface area contributed by atoms with E-state index in [0.29, 0.717) is 45.5 Å². The van der Waals surface area contributed by atoms with Crippen LogP contribution < -0.4 is 11.1 Å². The molecule has 0 saturated carbocycles. The van der Waals surface area contributed by atoms with Gasteiger partial charge >= 0.3 is 5.97 Å². The number of nitrogen functional groups attached to an aromatic ring is 1. The lowest BCUT2D eigenvalue weighted by Gasteiger charge is -2.33. The number of aryl methyl sites for hydroxylation is 1. The monoisotopic (exact) mass is 410 g/mol. The molecule has 30 heavy (non-hydrogen) atoms. The minimum Gasteiger partial charge on any atom is -0.413 e. The minimum absolute atomic E-state index is 0.225. The molecule has 1 aliphatic carbocycles. The van der Waals surface area contributed by atoms with Crippen LogP contribution in [0.1, 0.15) is 50.8 Å². The van der Waals surface area contributed by atoms with Crippen LogP contribution in [0.4, 0.5) is 11.4 Å². The van der Waals surface area contributed by atoms with Crippen LogP contribution in [-0.4, -0.2) is 55.9 Å². The Morgan fingerprint density at radius 3 is 2.20 bits per heavy atom. The molecule has 0 spiro atoms. The molecular weight excluding hydrogens is 382 g/mol. The van der Waals surface area contributed by atoms with Gasteiger partial charge in [0.05, 0.1) is 38.7 Å². The molecule has 2 aromatic rings. The maximum absolute atomic E-state index is 13.2. The van der Waals surface area contributed by atoms with Gasteiger partial charge in [-0.15, -0.1) is 0 Å². The lowest BCUT2D eigenvalue weighted by atomic mass is 9.81. The fraction of sp³-hybridized carbons (Fsp3) is 0.348. The Hall–Kier alpha value is -3.19. The van der Waals surface area contributed by atoms with Gasteiger partial charge in [-0.05, 0) is 18.6 Å². The number of fused-ring (bicyclic) bond motifs is 2. The number of nitrogens with two attached hydrogens (primary N) is 1. The summed E-state index contributed by atoms with van der Waals surface area (Å²) in [5.74, 6) is -0.808. The lowest BCUT2D eigenvalue weighted by molar-refractivity contribution is -0.916. The van der Waals surface area contributed by atoms with Gasteiger partial charge in [-0.3, -0.25) is 18.9 Å². The number of rotatable bonds is 6. The fourth-order valence-corrected chi connectivity index (χ4v) is 3.72. The number of ketones is 2. The summed E-state index contributed by atoms with van der Waals surface area (Å²) < 4.78 is 5.89.